The molecule has 2 amide bonds. The van der Waals surface area contributed by atoms with E-state index >= 15 is 0 Å². The third-order valence-electron chi connectivity index (χ3n) is 6.77. The summed E-state index contributed by atoms with van der Waals surface area (Å²) in [5.41, 5.74) is 11.9. The van der Waals surface area contributed by atoms with E-state index in [9.17, 15) is 9.59 Å². The molecule has 2 saturated heterocycles. The Hall–Kier alpha value is -2.90. The largest absolute Gasteiger partial charge is 0.378 e. The molecule has 7 nitrogen and oxygen atoms in total. The molecule has 2 aromatic carbocycles. The number of carbonyl (C=O) groups excluding carboxylic acids is 2. The van der Waals surface area contributed by atoms with Crippen molar-refractivity contribution in [1.82, 2.24) is 21.1 Å². The van der Waals surface area contributed by atoms with Gasteiger partial charge in [0.15, 0.2) is 0 Å². The molecule has 176 valence electrons. The van der Waals surface area contributed by atoms with Crippen molar-refractivity contribution in [2.24, 2.45) is 0 Å². The van der Waals surface area contributed by atoms with Crippen LogP contribution < -0.4 is 21.1 Å². The minimum atomic E-state index is -0.226. The van der Waals surface area contributed by atoms with Gasteiger partial charge in [0.1, 0.15) is 6.04 Å². The second-order valence-corrected chi connectivity index (χ2v) is 9.51. The number of anilines is 1. The first-order valence-electron chi connectivity index (χ1n) is 11.8. The van der Waals surface area contributed by atoms with E-state index in [-0.39, 0.29) is 29.9 Å². The van der Waals surface area contributed by atoms with E-state index in [2.05, 4.69) is 48.2 Å². The van der Waals surface area contributed by atoms with Crippen LogP contribution in [-0.4, -0.2) is 56.0 Å². The Labute approximate surface area is 196 Å². The third kappa shape index (κ3) is 5.37. The summed E-state index contributed by atoms with van der Waals surface area (Å²) >= 11 is 0. The zero-order chi connectivity index (χ0) is 23.5. The van der Waals surface area contributed by atoms with E-state index in [1.165, 1.54) is 16.7 Å². The Balaban J connectivity index is 1.28. The number of nitrogens with zero attached hydrogens (tertiary/aromatic N) is 2. The topological polar surface area (TPSA) is 76.7 Å². The Bertz CT molecular complexity index is 1010. The van der Waals surface area contributed by atoms with Crippen LogP contribution in [0.2, 0.25) is 0 Å². The van der Waals surface area contributed by atoms with Gasteiger partial charge >= 0.3 is 0 Å². The quantitative estimate of drug-likeness (QED) is 0.654. The number of hydrogen-bond acceptors (Lipinski definition) is 5. The Morgan fingerprint density at radius 3 is 2.48 bits per heavy atom. The van der Waals surface area contributed by atoms with Gasteiger partial charge in [-0.1, -0.05) is 29.8 Å². The van der Waals surface area contributed by atoms with Gasteiger partial charge in [0.05, 0.1) is 0 Å². The van der Waals surface area contributed by atoms with Gasteiger partial charge in [-0.2, -0.15) is 0 Å². The number of rotatable bonds is 5. The number of amides is 2. The molecular weight excluding hydrogens is 414 g/mol. The zero-order valence-corrected chi connectivity index (χ0v) is 20.0. The second kappa shape index (κ2) is 9.93. The Kier molecular flexibility index (Phi) is 7.00. The van der Waals surface area contributed by atoms with E-state index < -0.39 is 0 Å². The smallest absolute Gasteiger partial charge is 0.251 e. The molecule has 7 heteroatoms. The lowest BCUT2D eigenvalue weighted by molar-refractivity contribution is -0.134. The molecule has 0 bridgehead atoms. The molecule has 3 N–H and O–H groups in total. The minimum Gasteiger partial charge on any atom is -0.378 e. The van der Waals surface area contributed by atoms with Crippen LogP contribution in [0, 0.1) is 13.8 Å². The summed E-state index contributed by atoms with van der Waals surface area (Å²) in [6.07, 6.45) is 2.28. The molecule has 33 heavy (non-hydrogen) atoms. The SMILES string of the molecule is Cc1ccc(C2CC(C(=O)N3CCC(NC(=O)c4cccc(N(C)C)c4)CC3)NN2)c(C)c1. The lowest BCUT2D eigenvalue weighted by Gasteiger charge is -2.33. The van der Waals surface area contributed by atoms with E-state index in [0.29, 0.717) is 18.7 Å². The molecule has 4 rings (SSSR count). The molecule has 0 radical (unpaired) electrons. The number of piperidine rings is 1. The van der Waals surface area contributed by atoms with Gasteiger partial charge in [0, 0.05) is 50.5 Å². The first kappa shape index (κ1) is 23.3. The van der Waals surface area contributed by atoms with Crippen molar-refractivity contribution in [1.29, 1.82) is 0 Å². The van der Waals surface area contributed by atoms with Gasteiger partial charge in [-0.05, 0) is 62.4 Å². The lowest BCUT2D eigenvalue weighted by atomic mass is 9.95. The fourth-order valence-corrected chi connectivity index (χ4v) is 4.80. The number of nitrogens with one attached hydrogen (secondary N) is 3. The molecule has 2 heterocycles. The second-order valence-electron chi connectivity index (χ2n) is 9.51. The molecule has 2 fully saturated rings. The van der Waals surface area contributed by atoms with E-state index in [1.54, 1.807) is 0 Å². The standard InChI is InChI=1S/C26H35N5O2/c1-17-8-9-22(18(2)14-17)23-16-24(29-28-23)26(33)31-12-10-20(11-13-31)27-25(32)19-6-5-7-21(15-19)30(3)4/h5-9,14-15,20,23-24,28-29H,10-13,16H2,1-4H3,(H,27,32). The van der Waals surface area contributed by atoms with Crippen molar-refractivity contribution >= 4 is 17.5 Å². The van der Waals surface area contributed by atoms with Gasteiger partial charge in [-0.3, -0.25) is 9.59 Å². The highest BCUT2D eigenvalue weighted by atomic mass is 16.2. The monoisotopic (exact) mass is 449 g/mol. The molecule has 0 saturated carbocycles. The number of carbonyl (C=O) groups is 2. The van der Waals surface area contributed by atoms with Crippen LogP contribution in [0.4, 0.5) is 5.69 Å². The van der Waals surface area contributed by atoms with Crippen molar-refractivity contribution in [3.8, 4) is 0 Å². The maximum Gasteiger partial charge on any atom is 0.251 e. The van der Waals surface area contributed by atoms with E-state index in [0.717, 1.165) is 24.9 Å². The molecule has 0 aliphatic carbocycles. The van der Waals surface area contributed by atoms with Gasteiger partial charge in [0.25, 0.3) is 5.91 Å². The van der Waals surface area contributed by atoms with Crippen LogP contribution in [0.3, 0.4) is 0 Å². The molecule has 2 aliphatic heterocycles. The van der Waals surface area contributed by atoms with Crippen molar-refractivity contribution in [2.45, 2.75) is 51.2 Å². The van der Waals surface area contributed by atoms with Crippen LogP contribution in [0.25, 0.3) is 0 Å². The average molecular weight is 450 g/mol. The van der Waals surface area contributed by atoms with Crippen LogP contribution in [0.1, 0.15) is 52.4 Å². The molecule has 0 spiro atoms. The summed E-state index contributed by atoms with van der Waals surface area (Å²) in [5, 5.41) is 3.15. The number of likely N-dealkylation sites (tertiary alicyclic amines) is 1. The molecule has 0 aromatic heterocycles. The van der Waals surface area contributed by atoms with Crippen molar-refractivity contribution in [3.05, 3.63) is 64.7 Å². The number of hydrazine groups is 1. The van der Waals surface area contributed by atoms with Crippen LogP contribution in [0.5, 0.6) is 0 Å². The molecule has 2 aromatic rings. The first-order chi connectivity index (χ1) is 15.8. The maximum atomic E-state index is 13.1. The predicted molar refractivity (Wildman–Crippen MR) is 131 cm³/mol. The molecule has 2 atom stereocenters. The predicted octanol–water partition coefficient (Wildman–Crippen LogP) is 2.70. The van der Waals surface area contributed by atoms with Crippen molar-refractivity contribution < 1.29 is 9.59 Å². The van der Waals surface area contributed by atoms with Crippen molar-refractivity contribution in [3.63, 3.8) is 0 Å². The van der Waals surface area contributed by atoms with Gasteiger partial charge < -0.3 is 15.1 Å². The minimum absolute atomic E-state index is 0.0542. The maximum absolute atomic E-state index is 13.1. The number of benzene rings is 2. The highest BCUT2D eigenvalue weighted by Gasteiger charge is 2.35. The summed E-state index contributed by atoms with van der Waals surface area (Å²) in [6.45, 7) is 5.53. The van der Waals surface area contributed by atoms with Crippen LogP contribution in [0.15, 0.2) is 42.5 Å². The van der Waals surface area contributed by atoms with Gasteiger partial charge in [0.2, 0.25) is 5.91 Å². The summed E-state index contributed by atoms with van der Waals surface area (Å²) in [7, 11) is 3.92. The molecule has 2 aliphatic rings. The highest BCUT2D eigenvalue weighted by Crippen LogP contribution is 2.27. The Morgan fingerprint density at radius 2 is 1.79 bits per heavy atom. The molecular formula is C26H35N5O2. The summed E-state index contributed by atoms with van der Waals surface area (Å²) in [4.78, 5) is 29.7. The lowest BCUT2D eigenvalue weighted by Crippen LogP contribution is -2.51. The number of aryl methyl sites for hydroxylation is 2. The Morgan fingerprint density at radius 1 is 1.03 bits per heavy atom. The van der Waals surface area contributed by atoms with Gasteiger partial charge in [-0.25, -0.2) is 10.9 Å². The van der Waals surface area contributed by atoms with Crippen LogP contribution >= 0.6 is 0 Å². The molecule has 2 unspecified atom stereocenters. The zero-order valence-electron chi connectivity index (χ0n) is 20.0. The van der Waals surface area contributed by atoms with E-state index in [4.69, 9.17) is 0 Å². The highest BCUT2D eigenvalue weighted by molar-refractivity contribution is 5.95. The summed E-state index contributed by atoms with van der Waals surface area (Å²) < 4.78 is 0. The van der Waals surface area contributed by atoms with Crippen molar-refractivity contribution in [2.75, 3.05) is 32.1 Å². The summed E-state index contributed by atoms with van der Waals surface area (Å²) in [5.74, 6) is 0.0830. The van der Waals surface area contributed by atoms with Crippen LogP contribution in [-0.2, 0) is 4.79 Å². The normalized spacial score (nSPS) is 21.2. The fraction of sp³-hybridized carbons (Fsp3) is 0.462. The third-order valence-corrected chi connectivity index (χ3v) is 6.77. The van der Waals surface area contributed by atoms with Gasteiger partial charge in [-0.15, -0.1) is 0 Å². The summed E-state index contributed by atoms with van der Waals surface area (Å²) in [6, 6.07) is 14.1. The average Bonchev–Trinajstić information content (AvgIpc) is 3.29. The number of hydrogen-bond donors (Lipinski definition) is 3. The van der Waals surface area contributed by atoms with E-state index in [1.807, 2.05) is 48.2 Å². The fourth-order valence-electron chi connectivity index (χ4n) is 4.80. The first-order valence-corrected chi connectivity index (χ1v) is 11.8.